The Morgan fingerprint density at radius 2 is 1.86 bits per heavy atom. The molecule has 0 amide bonds. The summed E-state index contributed by atoms with van der Waals surface area (Å²) < 4.78 is 5.35. The number of carbonyl (C=O) groups is 1. The molecule has 21 heavy (non-hydrogen) atoms. The zero-order chi connectivity index (χ0) is 14.8. The zero-order valence-electron chi connectivity index (χ0n) is 12.5. The Hall–Kier alpha value is -1.59. The number of anilines is 1. The molecule has 5 heteroatoms. The van der Waals surface area contributed by atoms with Crippen molar-refractivity contribution in [2.75, 3.05) is 39.0 Å². The Morgan fingerprint density at radius 1 is 1.24 bits per heavy atom. The van der Waals surface area contributed by atoms with Gasteiger partial charge >= 0.3 is 5.97 Å². The first kappa shape index (κ1) is 14.4. The first-order valence-corrected chi connectivity index (χ1v) is 7.60. The molecule has 0 spiro atoms. The number of likely N-dealkylation sites (tertiary alicyclic amines) is 1. The molecule has 1 aromatic rings. The molecule has 2 bridgehead atoms. The Labute approximate surface area is 125 Å². The van der Waals surface area contributed by atoms with Crippen LogP contribution in [0, 0.1) is 0 Å². The second kappa shape index (κ2) is 6.03. The number of esters is 1. The van der Waals surface area contributed by atoms with E-state index >= 15 is 0 Å². The fraction of sp³-hybridized carbons (Fsp3) is 0.562. The number of ether oxygens (including phenoxy) is 1. The molecule has 3 rings (SSSR count). The van der Waals surface area contributed by atoms with Gasteiger partial charge in [-0.05, 0) is 44.2 Å². The molecule has 5 nitrogen and oxygen atoms in total. The number of rotatable bonds is 4. The smallest absolute Gasteiger partial charge is 0.338 e. The molecule has 0 aliphatic carbocycles. The van der Waals surface area contributed by atoms with E-state index in [4.69, 9.17) is 10.5 Å². The lowest BCUT2D eigenvalue weighted by molar-refractivity contribution is 0.0368. The SMILES string of the molecule is CN1C2CCC1CN(CCOC(=O)c1ccc(N)cc1)C2. The molecule has 2 fully saturated rings. The summed E-state index contributed by atoms with van der Waals surface area (Å²) in [6.07, 6.45) is 2.59. The summed E-state index contributed by atoms with van der Waals surface area (Å²) in [5.41, 5.74) is 6.82. The third-order valence-corrected chi connectivity index (χ3v) is 4.71. The van der Waals surface area contributed by atoms with Crippen LogP contribution in [0.3, 0.4) is 0 Å². The van der Waals surface area contributed by atoms with Crippen molar-refractivity contribution in [2.24, 2.45) is 0 Å². The lowest BCUT2D eigenvalue weighted by Gasteiger charge is -2.38. The maximum Gasteiger partial charge on any atom is 0.338 e. The van der Waals surface area contributed by atoms with E-state index in [1.807, 2.05) is 0 Å². The van der Waals surface area contributed by atoms with Crippen molar-refractivity contribution in [2.45, 2.75) is 24.9 Å². The molecule has 2 saturated heterocycles. The molecule has 2 heterocycles. The van der Waals surface area contributed by atoms with Crippen LogP contribution in [0.1, 0.15) is 23.2 Å². The maximum atomic E-state index is 11.9. The standard InChI is InChI=1S/C16H23N3O2/c1-18-14-6-7-15(18)11-19(10-14)8-9-21-16(20)12-2-4-13(17)5-3-12/h2-5,14-15H,6-11,17H2,1H3. The summed E-state index contributed by atoms with van der Waals surface area (Å²) >= 11 is 0. The topological polar surface area (TPSA) is 58.8 Å². The molecule has 2 N–H and O–H groups in total. The molecule has 2 aliphatic rings. The van der Waals surface area contributed by atoms with Crippen LogP contribution >= 0.6 is 0 Å². The lowest BCUT2D eigenvalue weighted by Crippen LogP contribution is -2.52. The monoisotopic (exact) mass is 289 g/mol. The van der Waals surface area contributed by atoms with E-state index in [1.54, 1.807) is 24.3 Å². The van der Waals surface area contributed by atoms with Crippen molar-refractivity contribution in [3.05, 3.63) is 29.8 Å². The van der Waals surface area contributed by atoms with E-state index in [0.717, 1.165) is 19.6 Å². The van der Waals surface area contributed by atoms with Gasteiger partial charge in [0.2, 0.25) is 0 Å². The number of nitrogen functional groups attached to an aromatic ring is 1. The molecule has 1 aromatic carbocycles. The van der Waals surface area contributed by atoms with E-state index in [2.05, 4.69) is 16.8 Å². The van der Waals surface area contributed by atoms with Gasteiger partial charge < -0.3 is 10.5 Å². The quantitative estimate of drug-likeness (QED) is 0.667. The summed E-state index contributed by atoms with van der Waals surface area (Å²) in [7, 11) is 2.22. The second-order valence-electron chi connectivity index (χ2n) is 6.07. The first-order chi connectivity index (χ1) is 10.1. The highest BCUT2D eigenvalue weighted by Gasteiger charge is 2.37. The highest BCUT2D eigenvalue weighted by molar-refractivity contribution is 5.89. The number of nitrogens with zero attached hydrogens (tertiary/aromatic N) is 2. The highest BCUT2D eigenvalue weighted by atomic mass is 16.5. The van der Waals surface area contributed by atoms with Crippen LogP contribution in [0.2, 0.25) is 0 Å². The fourth-order valence-corrected chi connectivity index (χ4v) is 3.35. The van der Waals surface area contributed by atoms with Crippen molar-refractivity contribution in [3.63, 3.8) is 0 Å². The largest absolute Gasteiger partial charge is 0.461 e. The third kappa shape index (κ3) is 3.19. The molecular formula is C16H23N3O2. The minimum absolute atomic E-state index is 0.271. The minimum Gasteiger partial charge on any atom is -0.461 e. The van der Waals surface area contributed by atoms with Gasteiger partial charge in [0.1, 0.15) is 6.61 Å². The summed E-state index contributed by atoms with van der Waals surface area (Å²) in [5, 5.41) is 0. The van der Waals surface area contributed by atoms with Gasteiger partial charge in [0, 0.05) is 37.4 Å². The number of likely N-dealkylation sites (N-methyl/N-ethyl adjacent to an activating group) is 1. The molecule has 2 atom stereocenters. The predicted octanol–water partition coefficient (Wildman–Crippen LogP) is 1.20. The number of fused-ring (bicyclic) bond motifs is 2. The lowest BCUT2D eigenvalue weighted by atomic mass is 10.2. The van der Waals surface area contributed by atoms with Crippen molar-refractivity contribution in [3.8, 4) is 0 Å². The number of piperazine rings is 1. The number of carbonyl (C=O) groups excluding carboxylic acids is 1. The van der Waals surface area contributed by atoms with Crippen molar-refractivity contribution in [1.29, 1.82) is 0 Å². The van der Waals surface area contributed by atoms with Gasteiger partial charge in [0.25, 0.3) is 0 Å². The molecule has 114 valence electrons. The molecule has 0 saturated carbocycles. The molecule has 0 radical (unpaired) electrons. The van der Waals surface area contributed by atoms with Crippen LogP contribution in [-0.2, 0) is 4.74 Å². The van der Waals surface area contributed by atoms with Gasteiger partial charge in [-0.15, -0.1) is 0 Å². The zero-order valence-corrected chi connectivity index (χ0v) is 12.5. The number of nitrogens with two attached hydrogens (primary N) is 1. The highest BCUT2D eigenvalue weighted by Crippen LogP contribution is 2.27. The first-order valence-electron chi connectivity index (χ1n) is 7.60. The number of benzene rings is 1. The van der Waals surface area contributed by atoms with Crippen LogP contribution in [0.5, 0.6) is 0 Å². The Kier molecular flexibility index (Phi) is 4.12. The fourth-order valence-electron chi connectivity index (χ4n) is 3.35. The second-order valence-corrected chi connectivity index (χ2v) is 6.07. The minimum atomic E-state index is -0.271. The number of hydrogen-bond donors (Lipinski definition) is 1. The molecule has 2 unspecified atom stereocenters. The van der Waals surface area contributed by atoms with E-state index in [-0.39, 0.29) is 5.97 Å². The van der Waals surface area contributed by atoms with E-state index < -0.39 is 0 Å². The third-order valence-electron chi connectivity index (χ3n) is 4.71. The van der Waals surface area contributed by atoms with Gasteiger partial charge in [-0.1, -0.05) is 0 Å². The summed E-state index contributed by atoms with van der Waals surface area (Å²) in [6.45, 7) is 3.45. The van der Waals surface area contributed by atoms with Crippen LogP contribution in [0.4, 0.5) is 5.69 Å². The maximum absolute atomic E-state index is 11.9. The summed E-state index contributed by atoms with van der Waals surface area (Å²) in [6, 6.07) is 8.19. The Bertz CT molecular complexity index is 489. The molecule has 0 aromatic heterocycles. The van der Waals surface area contributed by atoms with Crippen molar-refractivity contribution in [1.82, 2.24) is 9.80 Å². The molecule has 2 aliphatic heterocycles. The van der Waals surface area contributed by atoms with Crippen LogP contribution in [0.25, 0.3) is 0 Å². The van der Waals surface area contributed by atoms with E-state index in [9.17, 15) is 4.79 Å². The van der Waals surface area contributed by atoms with Crippen LogP contribution < -0.4 is 5.73 Å². The van der Waals surface area contributed by atoms with E-state index in [0.29, 0.717) is 29.9 Å². The van der Waals surface area contributed by atoms with E-state index in [1.165, 1.54) is 12.8 Å². The summed E-state index contributed by atoms with van der Waals surface area (Å²) in [5.74, 6) is -0.271. The average Bonchev–Trinajstić information content (AvgIpc) is 2.70. The van der Waals surface area contributed by atoms with Crippen molar-refractivity contribution >= 4 is 11.7 Å². The summed E-state index contributed by atoms with van der Waals surface area (Å²) in [4.78, 5) is 16.8. The number of hydrogen-bond acceptors (Lipinski definition) is 5. The predicted molar refractivity (Wildman–Crippen MR) is 82.1 cm³/mol. The average molecular weight is 289 g/mol. The normalized spacial score (nSPS) is 26.0. The molecular weight excluding hydrogens is 266 g/mol. The van der Waals surface area contributed by atoms with Gasteiger partial charge in [0.15, 0.2) is 0 Å². The van der Waals surface area contributed by atoms with Gasteiger partial charge in [-0.25, -0.2) is 4.79 Å². The Balaban J connectivity index is 1.44. The van der Waals surface area contributed by atoms with Gasteiger partial charge in [-0.2, -0.15) is 0 Å². The Morgan fingerprint density at radius 3 is 2.48 bits per heavy atom. The van der Waals surface area contributed by atoms with Crippen molar-refractivity contribution < 1.29 is 9.53 Å². The van der Waals surface area contributed by atoms with Crippen LogP contribution in [0.15, 0.2) is 24.3 Å². The van der Waals surface area contributed by atoms with Crippen LogP contribution in [-0.4, -0.2) is 61.1 Å². The van der Waals surface area contributed by atoms with Gasteiger partial charge in [0.05, 0.1) is 5.56 Å². The van der Waals surface area contributed by atoms with Gasteiger partial charge in [-0.3, -0.25) is 9.80 Å².